The van der Waals surface area contributed by atoms with Gasteiger partial charge in [0.05, 0.1) is 5.92 Å². The number of nitrogens with zero attached hydrogens (tertiary/aromatic N) is 1. The minimum Gasteiger partial charge on any atom is -0.481 e. The molecule has 2 N–H and O–H groups in total. The quantitative estimate of drug-likeness (QED) is 0.864. The SMILES string of the molecule is O=C(O)C1CCN(C(=O)Nc2cccc(Cl)c2)C1. The molecule has 2 rings (SSSR count). The van der Waals surface area contributed by atoms with Gasteiger partial charge in [-0.3, -0.25) is 4.79 Å². The monoisotopic (exact) mass is 268 g/mol. The fourth-order valence-corrected chi connectivity index (χ4v) is 2.11. The molecule has 0 aliphatic carbocycles. The molecule has 1 saturated heterocycles. The molecule has 1 unspecified atom stereocenters. The molecule has 0 bridgehead atoms. The molecule has 0 spiro atoms. The number of hydrogen-bond acceptors (Lipinski definition) is 2. The van der Waals surface area contributed by atoms with Gasteiger partial charge in [-0.15, -0.1) is 0 Å². The van der Waals surface area contributed by atoms with Gasteiger partial charge in [0.15, 0.2) is 0 Å². The summed E-state index contributed by atoms with van der Waals surface area (Å²) in [4.78, 5) is 24.2. The maximum Gasteiger partial charge on any atom is 0.321 e. The van der Waals surface area contributed by atoms with Crippen LogP contribution in [-0.2, 0) is 4.79 Å². The zero-order chi connectivity index (χ0) is 13.1. The molecule has 1 aliphatic heterocycles. The van der Waals surface area contributed by atoms with Gasteiger partial charge in [0.25, 0.3) is 0 Å². The predicted octanol–water partition coefficient (Wildman–Crippen LogP) is 2.28. The van der Waals surface area contributed by atoms with Crippen LogP contribution in [0.2, 0.25) is 5.02 Å². The molecule has 1 aromatic carbocycles. The average molecular weight is 269 g/mol. The summed E-state index contributed by atoms with van der Waals surface area (Å²) in [5.74, 6) is -1.32. The van der Waals surface area contributed by atoms with Gasteiger partial charge in [0, 0.05) is 23.8 Å². The van der Waals surface area contributed by atoms with E-state index in [1.54, 1.807) is 24.3 Å². The minimum absolute atomic E-state index is 0.252. The predicted molar refractivity (Wildman–Crippen MR) is 67.8 cm³/mol. The van der Waals surface area contributed by atoms with Crippen molar-refractivity contribution < 1.29 is 14.7 Å². The van der Waals surface area contributed by atoms with Crippen molar-refractivity contribution in [2.24, 2.45) is 5.92 Å². The van der Waals surface area contributed by atoms with Gasteiger partial charge in [0.1, 0.15) is 0 Å². The zero-order valence-electron chi connectivity index (χ0n) is 9.60. The molecule has 2 amide bonds. The van der Waals surface area contributed by atoms with Crippen LogP contribution in [0.25, 0.3) is 0 Å². The van der Waals surface area contributed by atoms with Crippen LogP contribution < -0.4 is 5.32 Å². The number of likely N-dealkylation sites (tertiary alicyclic amines) is 1. The fraction of sp³-hybridized carbons (Fsp3) is 0.333. The number of carbonyl (C=O) groups is 2. The summed E-state index contributed by atoms with van der Waals surface area (Å²) in [6.07, 6.45) is 0.498. The van der Waals surface area contributed by atoms with E-state index in [-0.39, 0.29) is 12.6 Å². The van der Waals surface area contributed by atoms with Gasteiger partial charge in [0.2, 0.25) is 0 Å². The first-order valence-corrected chi connectivity index (χ1v) is 5.98. The lowest BCUT2D eigenvalue weighted by Gasteiger charge is -2.16. The summed E-state index contributed by atoms with van der Waals surface area (Å²) in [5.41, 5.74) is 0.603. The first-order valence-electron chi connectivity index (χ1n) is 5.60. The highest BCUT2D eigenvalue weighted by Gasteiger charge is 2.30. The summed E-state index contributed by atoms with van der Waals surface area (Å²) in [5, 5.41) is 12.1. The summed E-state index contributed by atoms with van der Waals surface area (Å²) in [6.45, 7) is 0.713. The number of halogens is 1. The third kappa shape index (κ3) is 2.92. The molecule has 0 aromatic heterocycles. The van der Waals surface area contributed by atoms with Crippen molar-refractivity contribution in [3.63, 3.8) is 0 Å². The van der Waals surface area contributed by atoms with Crippen LogP contribution in [0.5, 0.6) is 0 Å². The summed E-state index contributed by atoms with van der Waals surface area (Å²) >= 11 is 5.81. The van der Waals surface area contributed by atoms with Crippen LogP contribution in [0.15, 0.2) is 24.3 Å². The van der Waals surface area contributed by atoms with Gasteiger partial charge in [-0.05, 0) is 24.6 Å². The van der Waals surface area contributed by atoms with E-state index in [1.165, 1.54) is 4.90 Å². The van der Waals surface area contributed by atoms with Crippen molar-refractivity contribution >= 4 is 29.3 Å². The Morgan fingerprint density at radius 3 is 2.83 bits per heavy atom. The minimum atomic E-state index is -0.854. The molecule has 96 valence electrons. The Hall–Kier alpha value is -1.75. The number of urea groups is 1. The molecule has 5 nitrogen and oxygen atoms in total. The first kappa shape index (κ1) is 12.7. The number of benzene rings is 1. The van der Waals surface area contributed by atoms with Gasteiger partial charge in [-0.1, -0.05) is 17.7 Å². The normalized spacial score (nSPS) is 18.7. The number of carbonyl (C=O) groups excluding carboxylic acids is 1. The number of aliphatic carboxylic acids is 1. The Morgan fingerprint density at radius 2 is 2.22 bits per heavy atom. The molecule has 0 saturated carbocycles. The number of carboxylic acid groups (broad SMARTS) is 1. The molecule has 1 aromatic rings. The first-order chi connectivity index (χ1) is 8.56. The average Bonchev–Trinajstić information content (AvgIpc) is 2.78. The Balaban J connectivity index is 1.95. The molecule has 6 heteroatoms. The third-order valence-corrected chi connectivity index (χ3v) is 3.14. The second-order valence-electron chi connectivity index (χ2n) is 4.21. The van der Waals surface area contributed by atoms with Crippen LogP contribution in [0.1, 0.15) is 6.42 Å². The maximum absolute atomic E-state index is 11.9. The lowest BCUT2D eigenvalue weighted by molar-refractivity contribution is -0.141. The van der Waals surface area contributed by atoms with E-state index in [9.17, 15) is 9.59 Å². The molecular formula is C12H13ClN2O3. The van der Waals surface area contributed by atoms with Crippen molar-refractivity contribution in [1.29, 1.82) is 0 Å². The van der Waals surface area contributed by atoms with E-state index < -0.39 is 11.9 Å². The Labute approximate surface area is 109 Å². The fourth-order valence-electron chi connectivity index (χ4n) is 1.92. The molecule has 1 aliphatic rings. The number of nitrogens with one attached hydrogen (secondary N) is 1. The molecule has 18 heavy (non-hydrogen) atoms. The summed E-state index contributed by atoms with van der Waals surface area (Å²) in [7, 11) is 0. The number of anilines is 1. The topological polar surface area (TPSA) is 69.6 Å². The van der Waals surface area contributed by atoms with E-state index in [0.29, 0.717) is 23.7 Å². The lowest BCUT2D eigenvalue weighted by Crippen LogP contribution is -2.33. The largest absolute Gasteiger partial charge is 0.481 e. The van der Waals surface area contributed by atoms with Gasteiger partial charge in [-0.25, -0.2) is 4.79 Å². The highest BCUT2D eigenvalue weighted by Crippen LogP contribution is 2.19. The molecule has 0 radical (unpaired) electrons. The van der Waals surface area contributed by atoms with Crippen molar-refractivity contribution in [2.75, 3.05) is 18.4 Å². The number of carboxylic acids is 1. The van der Waals surface area contributed by atoms with Crippen LogP contribution in [-0.4, -0.2) is 35.1 Å². The van der Waals surface area contributed by atoms with E-state index in [1.807, 2.05) is 0 Å². The second kappa shape index (κ2) is 5.27. The van der Waals surface area contributed by atoms with E-state index >= 15 is 0 Å². The second-order valence-corrected chi connectivity index (χ2v) is 4.65. The Kier molecular flexibility index (Phi) is 3.72. The van der Waals surface area contributed by atoms with Crippen LogP contribution >= 0.6 is 11.6 Å². The molecular weight excluding hydrogens is 256 g/mol. The highest BCUT2D eigenvalue weighted by atomic mass is 35.5. The van der Waals surface area contributed by atoms with E-state index in [4.69, 9.17) is 16.7 Å². The molecule has 1 atom stereocenters. The highest BCUT2D eigenvalue weighted by molar-refractivity contribution is 6.30. The summed E-state index contributed by atoms with van der Waals surface area (Å²) in [6, 6.07) is 6.54. The van der Waals surface area contributed by atoms with Crippen molar-refractivity contribution in [1.82, 2.24) is 4.90 Å². The van der Waals surface area contributed by atoms with Crippen LogP contribution in [0.3, 0.4) is 0 Å². The lowest BCUT2D eigenvalue weighted by atomic mass is 10.1. The number of amides is 2. The van der Waals surface area contributed by atoms with Gasteiger partial charge >= 0.3 is 12.0 Å². The Bertz CT molecular complexity index is 478. The Morgan fingerprint density at radius 1 is 1.44 bits per heavy atom. The standard InChI is InChI=1S/C12H13ClN2O3/c13-9-2-1-3-10(6-9)14-12(18)15-5-4-8(7-15)11(16)17/h1-3,6,8H,4-5,7H2,(H,14,18)(H,16,17). The smallest absolute Gasteiger partial charge is 0.321 e. The summed E-state index contributed by atoms with van der Waals surface area (Å²) < 4.78 is 0. The van der Waals surface area contributed by atoms with Gasteiger partial charge < -0.3 is 15.3 Å². The maximum atomic E-state index is 11.9. The van der Waals surface area contributed by atoms with Crippen molar-refractivity contribution in [3.05, 3.63) is 29.3 Å². The molecule has 1 fully saturated rings. The number of hydrogen-bond donors (Lipinski definition) is 2. The number of rotatable bonds is 2. The zero-order valence-corrected chi connectivity index (χ0v) is 10.4. The van der Waals surface area contributed by atoms with Crippen molar-refractivity contribution in [3.8, 4) is 0 Å². The third-order valence-electron chi connectivity index (χ3n) is 2.90. The van der Waals surface area contributed by atoms with Crippen LogP contribution in [0, 0.1) is 5.92 Å². The van der Waals surface area contributed by atoms with Gasteiger partial charge in [-0.2, -0.15) is 0 Å². The van der Waals surface area contributed by atoms with E-state index in [0.717, 1.165) is 0 Å². The van der Waals surface area contributed by atoms with E-state index in [2.05, 4.69) is 5.32 Å². The van der Waals surface area contributed by atoms with Crippen molar-refractivity contribution in [2.45, 2.75) is 6.42 Å². The van der Waals surface area contributed by atoms with Crippen LogP contribution in [0.4, 0.5) is 10.5 Å². The molecule has 1 heterocycles.